The van der Waals surface area contributed by atoms with Crippen LogP contribution in [0.2, 0.25) is 0 Å². The molecule has 3 aliphatic carbocycles. The minimum Gasteiger partial charge on any atom is -0.324 e. The zero-order valence-electron chi connectivity index (χ0n) is 20.6. The van der Waals surface area contributed by atoms with Crippen LogP contribution < -0.4 is 10.2 Å². The maximum Gasteiger partial charge on any atom is 0.239 e. The largest absolute Gasteiger partial charge is 0.324 e. The number of nitrogens with one attached hydrogen (secondary N) is 1. The summed E-state index contributed by atoms with van der Waals surface area (Å²) in [4.78, 5) is 35.9. The Labute approximate surface area is 211 Å². The molecule has 6 rings (SSSR count). The number of carbonyl (C=O) groups is 2. The summed E-state index contributed by atoms with van der Waals surface area (Å²) in [6, 6.07) is 5.31. The van der Waals surface area contributed by atoms with Crippen molar-refractivity contribution in [2.24, 2.45) is 5.92 Å². The topological polar surface area (TPSA) is 109 Å². The number of aromatic nitrogens is 2. The molecule has 1 aliphatic heterocycles. The lowest BCUT2D eigenvalue weighted by molar-refractivity contribution is -0.120. The van der Waals surface area contributed by atoms with Gasteiger partial charge in [-0.2, -0.15) is 4.98 Å². The van der Waals surface area contributed by atoms with Crippen LogP contribution in [0.5, 0.6) is 0 Å². The van der Waals surface area contributed by atoms with Crippen LogP contribution in [0.3, 0.4) is 0 Å². The molecule has 1 amide bonds. The zero-order valence-corrected chi connectivity index (χ0v) is 21.4. The van der Waals surface area contributed by atoms with Gasteiger partial charge in [-0.25, -0.2) is 13.4 Å². The third-order valence-electron chi connectivity index (χ3n) is 8.70. The summed E-state index contributed by atoms with van der Waals surface area (Å²) in [5.41, 5.74) is 2.06. The standard InChI is InChI=1S/C27H32N4O4S/c1-17-14-21(36(34,35)20-8-6-18(16-32)7-9-20)10-11-23(17)29-26-28-15-22-24(30-26)31(19-4-2-3-5-19)25(33)27(22)12-13-27/h10-11,14-16,18-20H,2-9,12-13H2,1H3,(H,28,29,30). The number of nitrogens with zero attached hydrogens (tertiary/aromatic N) is 3. The Morgan fingerprint density at radius 2 is 1.81 bits per heavy atom. The summed E-state index contributed by atoms with van der Waals surface area (Å²) in [7, 11) is -3.46. The van der Waals surface area contributed by atoms with E-state index >= 15 is 0 Å². The Morgan fingerprint density at radius 1 is 1.08 bits per heavy atom. The van der Waals surface area contributed by atoms with E-state index < -0.39 is 20.5 Å². The van der Waals surface area contributed by atoms with Gasteiger partial charge in [0.2, 0.25) is 11.9 Å². The molecule has 190 valence electrons. The van der Waals surface area contributed by atoms with E-state index in [1.54, 1.807) is 24.4 Å². The van der Waals surface area contributed by atoms with Crippen LogP contribution in [0.4, 0.5) is 17.5 Å². The van der Waals surface area contributed by atoms with E-state index in [1.165, 1.54) is 0 Å². The maximum atomic E-state index is 13.3. The average molecular weight is 509 g/mol. The Morgan fingerprint density at radius 3 is 2.44 bits per heavy atom. The molecule has 0 radical (unpaired) electrons. The van der Waals surface area contributed by atoms with E-state index in [0.717, 1.165) is 67.4 Å². The summed E-state index contributed by atoms with van der Waals surface area (Å²) in [5.74, 6) is 1.31. The molecule has 0 saturated heterocycles. The molecule has 1 N–H and O–H groups in total. The Balaban J connectivity index is 1.24. The molecule has 3 fully saturated rings. The lowest BCUT2D eigenvalue weighted by Gasteiger charge is -2.25. The lowest BCUT2D eigenvalue weighted by atomic mass is 9.90. The first-order valence-electron chi connectivity index (χ1n) is 13.1. The number of carbonyl (C=O) groups excluding carboxylic acids is 2. The van der Waals surface area contributed by atoms with Gasteiger partial charge >= 0.3 is 0 Å². The number of sulfone groups is 1. The minimum atomic E-state index is -3.46. The third-order valence-corrected chi connectivity index (χ3v) is 11.0. The monoisotopic (exact) mass is 508 g/mol. The highest BCUT2D eigenvalue weighted by molar-refractivity contribution is 7.92. The normalized spacial score (nSPS) is 25.2. The highest BCUT2D eigenvalue weighted by Crippen LogP contribution is 2.57. The van der Waals surface area contributed by atoms with E-state index in [9.17, 15) is 18.0 Å². The first-order chi connectivity index (χ1) is 17.3. The molecule has 0 atom stereocenters. The van der Waals surface area contributed by atoms with Crippen LogP contribution in [-0.2, 0) is 24.8 Å². The SMILES string of the molecule is Cc1cc(S(=O)(=O)C2CCC(C=O)CC2)ccc1Nc1ncc2c(n1)N(C1CCCC1)C(=O)C21CC1. The molecular formula is C27H32N4O4S. The van der Waals surface area contributed by atoms with Crippen molar-refractivity contribution in [3.05, 3.63) is 35.5 Å². The first kappa shape index (κ1) is 23.6. The van der Waals surface area contributed by atoms with Crippen molar-refractivity contribution in [1.82, 2.24) is 9.97 Å². The summed E-state index contributed by atoms with van der Waals surface area (Å²) in [6.07, 6.45) is 11.1. The number of aryl methyl sites for hydroxylation is 1. The number of fused-ring (bicyclic) bond motifs is 2. The number of anilines is 3. The second-order valence-corrected chi connectivity index (χ2v) is 13.2. The zero-order chi connectivity index (χ0) is 25.1. The number of aldehydes is 1. The van der Waals surface area contributed by atoms with Gasteiger partial charge in [0.25, 0.3) is 0 Å². The fraction of sp³-hybridized carbons (Fsp3) is 0.556. The highest BCUT2D eigenvalue weighted by atomic mass is 32.2. The van der Waals surface area contributed by atoms with Crippen LogP contribution in [0.25, 0.3) is 0 Å². The molecule has 2 aromatic rings. The second-order valence-electron chi connectivity index (χ2n) is 10.9. The van der Waals surface area contributed by atoms with Crippen LogP contribution in [0.1, 0.15) is 75.3 Å². The molecular weight excluding hydrogens is 476 g/mol. The molecule has 9 heteroatoms. The fourth-order valence-electron chi connectivity index (χ4n) is 6.31. The van der Waals surface area contributed by atoms with Gasteiger partial charge in [-0.3, -0.25) is 9.69 Å². The minimum absolute atomic E-state index is 0.0215. The van der Waals surface area contributed by atoms with Gasteiger partial charge in [0.1, 0.15) is 12.1 Å². The summed E-state index contributed by atoms with van der Waals surface area (Å²) >= 11 is 0. The summed E-state index contributed by atoms with van der Waals surface area (Å²) in [5, 5.41) is 2.81. The van der Waals surface area contributed by atoms with Gasteiger partial charge in [-0.05, 0) is 82.1 Å². The number of hydrogen-bond acceptors (Lipinski definition) is 7. The van der Waals surface area contributed by atoms with Crippen LogP contribution >= 0.6 is 0 Å². The molecule has 36 heavy (non-hydrogen) atoms. The van der Waals surface area contributed by atoms with Gasteiger partial charge in [0, 0.05) is 29.4 Å². The van der Waals surface area contributed by atoms with Gasteiger partial charge in [-0.1, -0.05) is 12.8 Å². The van der Waals surface area contributed by atoms with E-state index in [-0.39, 0.29) is 17.9 Å². The van der Waals surface area contributed by atoms with E-state index in [2.05, 4.69) is 10.3 Å². The smallest absolute Gasteiger partial charge is 0.239 e. The van der Waals surface area contributed by atoms with Crippen LogP contribution in [0.15, 0.2) is 29.3 Å². The third kappa shape index (κ3) is 3.74. The van der Waals surface area contributed by atoms with E-state index in [1.807, 2.05) is 11.8 Å². The molecule has 2 heterocycles. The first-order valence-corrected chi connectivity index (χ1v) is 14.7. The molecule has 0 unspecified atom stereocenters. The number of rotatable bonds is 6. The van der Waals surface area contributed by atoms with Crippen LogP contribution in [0, 0.1) is 12.8 Å². The average Bonchev–Trinajstić information content (AvgIpc) is 3.45. The Bertz CT molecular complexity index is 1320. The Kier molecular flexibility index (Phi) is 5.66. The second kappa shape index (κ2) is 8.64. The Hall–Kier alpha value is -2.81. The van der Waals surface area contributed by atoms with Crippen molar-refractivity contribution in [2.75, 3.05) is 10.2 Å². The van der Waals surface area contributed by atoms with Crippen molar-refractivity contribution < 1.29 is 18.0 Å². The van der Waals surface area contributed by atoms with Gasteiger partial charge in [0.05, 0.1) is 15.6 Å². The van der Waals surface area contributed by atoms with Crippen molar-refractivity contribution in [2.45, 2.75) is 92.7 Å². The molecule has 8 nitrogen and oxygen atoms in total. The number of hydrogen-bond donors (Lipinski definition) is 1. The lowest BCUT2D eigenvalue weighted by Crippen LogP contribution is -2.39. The maximum absolute atomic E-state index is 13.3. The summed E-state index contributed by atoms with van der Waals surface area (Å²) in [6.45, 7) is 1.87. The summed E-state index contributed by atoms with van der Waals surface area (Å²) < 4.78 is 26.4. The van der Waals surface area contributed by atoms with Crippen molar-refractivity contribution in [3.63, 3.8) is 0 Å². The quantitative estimate of drug-likeness (QED) is 0.577. The molecule has 3 saturated carbocycles. The number of benzene rings is 1. The molecule has 1 aromatic carbocycles. The van der Waals surface area contributed by atoms with Gasteiger partial charge in [-0.15, -0.1) is 0 Å². The van der Waals surface area contributed by atoms with Gasteiger partial charge < -0.3 is 10.1 Å². The van der Waals surface area contributed by atoms with E-state index in [4.69, 9.17) is 4.98 Å². The molecule has 1 spiro atoms. The molecule has 4 aliphatic rings. The molecule has 0 bridgehead atoms. The molecule has 1 aromatic heterocycles. The van der Waals surface area contributed by atoms with Crippen molar-refractivity contribution >= 4 is 39.5 Å². The highest BCUT2D eigenvalue weighted by Gasteiger charge is 2.61. The van der Waals surface area contributed by atoms with Crippen LogP contribution in [-0.4, -0.2) is 41.9 Å². The number of amides is 1. The van der Waals surface area contributed by atoms with Crippen molar-refractivity contribution in [1.29, 1.82) is 0 Å². The van der Waals surface area contributed by atoms with Gasteiger partial charge in [0.15, 0.2) is 9.84 Å². The van der Waals surface area contributed by atoms with Crippen molar-refractivity contribution in [3.8, 4) is 0 Å². The predicted molar refractivity (Wildman–Crippen MR) is 136 cm³/mol. The fourth-order valence-corrected chi connectivity index (χ4v) is 8.18. The predicted octanol–water partition coefficient (Wildman–Crippen LogP) is 4.38. The van der Waals surface area contributed by atoms with E-state index in [0.29, 0.717) is 36.5 Å².